The van der Waals surface area contributed by atoms with Gasteiger partial charge in [-0.15, -0.1) is 0 Å². The Morgan fingerprint density at radius 2 is 1.69 bits per heavy atom. The Morgan fingerprint density at radius 3 is 2.23 bits per heavy atom. The first-order valence-electron chi connectivity index (χ1n) is 3.84. The van der Waals surface area contributed by atoms with Crippen molar-refractivity contribution in [2.24, 2.45) is 0 Å². The monoisotopic (exact) mass is 188 g/mol. The largest absolute Gasteiger partial charge is 0.494 e. The van der Waals surface area contributed by atoms with Crippen LogP contribution in [0.25, 0.3) is 0 Å². The smallest absolute Gasteiger partial charge is 0.168 e. The number of methoxy groups -OCH3 is 1. The summed E-state index contributed by atoms with van der Waals surface area (Å²) in [5, 5.41) is 0. The molecule has 2 nitrogen and oxygen atoms in total. The van der Waals surface area contributed by atoms with Gasteiger partial charge in [0.2, 0.25) is 0 Å². The molecule has 0 atom stereocenters. The van der Waals surface area contributed by atoms with E-state index >= 15 is 0 Å². The highest BCUT2D eigenvalue weighted by Crippen LogP contribution is 2.26. The van der Waals surface area contributed by atoms with Crippen LogP contribution in [0.1, 0.15) is 6.92 Å². The molecule has 1 aromatic rings. The molecule has 72 valence electrons. The van der Waals surface area contributed by atoms with Crippen molar-refractivity contribution in [2.45, 2.75) is 6.92 Å². The van der Waals surface area contributed by atoms with Gasteiger partial charge in [-0.25, -0.2) is 8.78 Å². The zero-order valence-electron chi connectivity index (χ0n) is 7.43. The topological polar surface area (TPSA) is 18.5 Å². The Morgan fingerprint density at radius 1 is 1.15 bits per heavy atom. The van der Waals surface area contributed by atoms with Gasteiger partial charge in [0, 0.05) is 12.1 Å². The number of halogens is 2. The molecule has 0 bridgehead atoms. The maximum atomic E-state index is 13.0. The predicted molar refractivity (Wildman–Crippen MR) is 44.1 cm³/mol. The quantitative estimate of drug-likeness (QED) is 0.725. The van der Waals surface area contributed by atoms with Gasteiger partial charge in [-0.2, -0.15) is 0 Å². The third-order valence-corrected chi connectivity index (χ3v) is 1.51. The summed E-state index contributed by atoms with van der Waals surface area (Å²) in [6.07, 6.45) is 0. The highest BCUT2D eigenvalue weighted by Gasteiger charge is 2.10. The van der Waals surface area contributed by atoms with E-state index in [-0.39, 0.29) is 11.5 Å². The molecule has 0 aliphatic rings. The van der Waals surface area contributed by atoms with Crippen LogP contribution in [0.4, 0.5) is 8.78 Å². The first-order chi connectivity index (χ1) is 6.19. The lowest BCUT2D eigenvalue weighted by atomic mass is 10.3. The lowest BCUT2D eigenvalue weighted by molar-refractivity contribution is 0.314. The highest BCUT2D eigenvalue weighted by atomic mass is 19.1. The minimum absolute atomic E-state index is 0.0965. The van der Waals surface area contributed by atoms with E-state index in [2.05, 4.69) is 4.74 Å². The van der Waals surface area contributed by atoms with Gasteiger partial charge < -0.3 is 9.47 Å². The van der Waals surface area contributed by atoms with Crippen LogP contribution < -0.4 is 9.47 Å². The summed E-state index contributed by atoms with van der Waals surface area (Å²) in [6.45, 7) is 1.99. The molecular weight excluding hydrogens is 178 g/mol. The first-order valence-corrected chi connectivity index (χ1v) is 3.84. The molecule has 0 aliphatic heterocycles. The molecule has 0 saturated carbocycles. The second kappa shape index (κ2) is 4.07. The van der Waals surface area contributed by atoms with Gasteiger partial charge in [0.05, 0.1) is 13.7 Å². The predicted octanol–water partition coefficient (Wildman–Crippen LogP) is 2.37. The minimum Gasteiger partial charge on any atom is -0.494 e. The molecule has 0 aromatic heterocycles. The summed E-state index contributed by atoms with van der Waals surface area (Å²) in [5.41, 5.74) is 0. The van der Waals surface area contributed by atoms with E-state index in [1.165, 1.54) is 7.11 Å². The standard InChI is InChI=1S/C9H10F2O2/c1-3-13-9-5-6(10)8(12-2)4-7(9)11/h4-5H,3H2,1-2H3. The van der Waals surface area contributed by atoms with Crippen molar-refractivity contribution >= 4 is 0 Å². The van der Waals surface area contributed by atoms with Crippen molar-refractivity contribution < 1.29 is 18.3 Å². The summed E-state index contributed by atoms with van der Waals surface area (Å²) >= 11 is 0. The van der Waals surface area contributed by atoms with Gasteiger partial charge >= 0.3 is 0 Å². The zero-order valence-corrected chi connectivity index (χ0v) is 7.43. The Kier molecular flexibility index (Phi) is 3.06. The third-order valence-electron chi connectivity index (χ3n) is 1.51. The van der Waals surface area contributed by atoms with Gasteiger partial charge in [-0.05, 0) is 6.92 Å². The lowest BCUT2D eigenvalue weighted by Gasteiger charge is -2.07. The van der Waals surface area contributed by atoms with E-state index in [1.54, 1.807) is 6.92 Å². The fourth-order valence-corrected chi connectivity index (χ4v) is 0.933. The normalized spacial score (nSPS) is 9.85. The average Bonchev–Trinajstić information content (AvgIpc) is 2.11. The van der Waals surface area contributed by atoms with E-state index in [0.717, 1.165) is 12.1 Å². The number of hydrogen-bond donors (Lipinski definition) is 0. The van der Waals surface area contributed by atoms with Crippen LogP contribution >= 0.6 is 0 Å². The highest BCUT2D eigenvalue weighted by molar-refractivity contribution is 5.34. The lowest BCUT2D eigenvalue weighted by Crippen LogP contribution is -1.97. The molecule has 13 heavy (non-hydrogen) atoms. The van der Waals surface area contributed by atoms with Crippen molar-refractivity contribution in [3.8, 4) is 11.5 Å². The summed E-state index contributed by atoms with van der Waals surface area (Å²) in [4.78, 5) is 0. The first kappa shape index (κ1) is 9.77. The van der Waals surface area contributed by atoms with Crippen LogP contribution in [0.15, 0.2) is 12.1 Å². The summed E-state index contributed by atoms with van der Waals surface area (Å²) < 4.78 is 35.4. The molecular formula is C9H10F2O2. The third kappa shape index (κ3) is 2.08. The molecule has 0 heterocycles. The van der Waals surface area contributed by atoms with E-state index in [0.29, 0.717) is 6.61 Å². The van der Waals surface area contributed by atoms with Crippen molar-refractivity contribution in [1.82, 2.24) is 0 Å². The molecule has 4 heteroatoms. The Balaban J connectivity index is 3.05. The van der Waals surface area contributed by atoms with Crippen LogP contribution in [0, 0.1) is 11.6 Å². The van der Waals surface area contributed by atoms with Crippen LogP contribution in [0.2, 0.25) is 0 Å². The maximum absolute atomic E-state index is 13.0. The maximum Gasteiger partial charge on any atom is 0.168 e. The van der Waals surface area contributed by atoms with Crippen molar-refractivity contribution in [3.05, 3.63) is 23.8 Å². The molecule has 0 spiro atoms. The summed E-state index contributed by atoms with van der Waals surface area (Å²) in [5.74, 6) is -1.48. The van der Waals surface area contributed by atoms with Gasteiger partial charge in [-0.1, -0.05) is 0 Å². The van der Waals surface area contributed by atoms with Crippen LogP contribution in [-0.2, 0) is 0 Å². The number of benzene rings is 1. The Hall–Kier alpha value is -1.32. The number of ether oxygens (including phenoxy) is 2. The van der Waals surface area contributed by atoms with Gasteiger partial charge in [0.15, 0.2) is 23.1 Å². The van der Waals surface area contributed by atoms with Crippen LogP contribution in [0.3, 0.4) is 0 Å². The number of rotatable bonds is 3. The molecule has 1 aromatic carbocycles. The molecule has 1 rings (SSSR count). The average molecular weight is 188 g/mol. The fourth-order valence-electron chi connectivity index (χ4n) is 0.933. The molecule has 0 N–H and O–H groups in total. The Labute approximate surface area is 75.1 Å². The molecule has 0 saturated heterocycles. The Bertz CT molecular complexity index is 300. The zero-order chi connectivity index (χ0) is 9.84. The van der Waals surface area contributed by atoms with Crippen LogP contribution in [-0.4, -0.2) is 13.7 Å². The molecule has 0 fully saturated rings. The van der Waals surface area contributed by atoms with Crippen LogP contribution in [0.5, 0.6) is 11.5 Å². The van der Waals surface area contributed by atoms with E-state index < -0.39 is 11.6 Å². The molecule has 0 aliphatic carbocycles. The minimum atomic E-state index is -0.632. The fraction of sp³-hybridized carbons (Fsp3) is 0.333. The molecule has 0 radical (unpaired) electrons. The molecule has 0 unspecified atom stereocenters. The molecule has 0 amide bonds. The summed E-state index contributed by atoms with van der Waals surface area (Å²) in [7, 11) is 1.28. The number of hydrogen-bond acceptors (Lipinski definition) is 2. The van der Waals surface area contributed by atoms with Gasteiger partial charge in [0.1, 0.15) is 0 Å². The summed E-state index contributed by atoms with van der Waals surface area (Å²) in [6, 6.07) is 1.93. The second-order valence-electron chi connectivity index (χ2n) is 2.35. The SMILES string of the molecule is CCOc1cc(F)c(OC)cc1F. The second-order valence-corrected chi connectivity index (χ2v) is 2.35. The van der Waals surface area contributed by atoms with E-state index in [4.69, 9.17) is 4.74 Å². The van der Waals surface area contributed by atoms with Crippen molar-refractivity contribution in [3.63, 3.8) is 0 Å². The van der Waals surface area contributed by atoms with E-state index in [9.17, 15) is 8.78 Å². The van der Waals surface area contributed by atoms with Crippen molar-refractivity contribution in [2.75, 3.05) is 13.7 Å². The van der Waals surface area contributed by atoms with Gasteiger partial charge in [0.25, 0.3) is 0 Å². The van der Waals surface area contributed by atoms with E-state index in [1.807, 2.05) is 0 Å². The van der Waals surface area contributed by atoms with Gasteiger partial charge in [-0.3, -0.25) is 0 Å². The van der Waals surface area contributed by atoms with Crippen molar-refractivity contribution in [1.29, 1.82) is 0 Å².